The molecule has 0 fully saturated rings. The van der Waals surface area contributed by atoms with Gasteiger partial charge < -0.3 is 9.68 Å². The highest BCUT2D eigenvalue weighted by atomic mass is 19.1. The molecular weight excluding hydrogens is 240 g/mol. The fourth-order valence-electron chi connectivity index (χ4n) is 0.921. The smallest absolute Gasteiger partial charge is 0.506 e. The predicted molar refractivity (Wildman–Crippen MR) is 52.2 cm³/mol. The average Bonchev–Trinajstić information content (AvgIpc) is 2.20. The Hall–Kier alpha value is -1.25. The van der Waals surface area contributed by atoms with Crippen LogP contribution in [-0.2, 0) is 9.69 Å². The lowest BCUT2D eigenvalue weighted by molar-refractivity contribution is -0.258. The highest BCUT2D eigenvalue weighted by molar-refractivity contribution is 6.35. The molecule has 0 unspecified atom stereocenters. The van der Waals surface area contributed by atoms with E-state index in [2.05, 4.69) is 14.3 Å². The Bertz CT molecular complexity index is 365. The molecule has 0 saturated carbocycles. The molecule has 0 aliphatic carbocycles. The molecule has 1 N–H and O–H groups in total. The fraction of sp³-hybridized carbons (Fsp3) is 0.333. The van der Waals surface area contributed by atoms with Crippen molar-refractivity contribution in [1.82, 2.24) is 0 Å². The number of benzene rings is 1. The average molecular weight is 250 g/mol. The van der Waals surface area contributed by atoms with E-state index in [0.29, 0.717) is 12.1 Å². The third-order valence-corrected chi connectivity index (χ3v) is 1.51. The highest BCUT2D eigenvalue weighted by Gasteiger charge is 2.25. The maximum absolute atomic E-state index is 13.1. The molecule has 0 aliphatic rings. The van der Waals surface area contributed by atoms with Crippen LogP contribution >= 0.6 is 0 Å². The number of rotatable bonds is 5. The monoisotopic (exact) mass is 250 g/mol. The molecule has 94 valence electrons. The SMILES string of the molecule is CC(C)OOB(O)Oc1c(F)cc(F)cc1F. The number of hydrogen-bond donors (Lipinski definition) is 1. The second-order valence-electron chi connectivity index (χ2n) is 3.36. The van der Waals surface area contributed by atoms with Gasteiger partial charge in [0.1, 0.15) is 5.82 Å². The lowest BCUT2D eigenvalue weighted by atomic mass is 10.2. The van der Waals surface area contributed by atoms with Crippen LogP contribution in [0.5, 0.6) is 5.75 Å². The summed E-state index contributed by atoms with van der Waals surface area (Å²) in [5.74, 6) is -4.64. The van der Waals surface area contributed by atoms with E-state index in [1.165, 1.54) is 0 Å². The van der Waals surface area contributed by atoms with Crippen molar-refractivity contribution in [2.24, 2.45) is 0 Å². The Labute approximate surface area is 96.0 Å². The molecule has 1 aromatic rings. The Morgan fingerprint density at radius 3 is 2.18 bits per heavy atom. The lowest BCUT2D eigenvalue weighted by Crippen LogP contribution is -2.28. The van der Waals surface area contributed by atoms with E-state index in [9.17, 15) is 13.2 Å². The van der Waals surface area contributed by atoms with Gasteiger partial charge in [-0.05, 0) is 13.8 Å². The molecule has 17 heavy (non-hydrogen) atoms. The minimum Gasteiger partial charge on any atom is -0.506 e. The topological polar surface area (TPSA) is 47.9 Å². The minimum absolute atomic E-state index is 0.379. The zero-order chi connectivity index (χ0) is 13.0. The molecule has 0 radical (unpaired) electrons. The van der Waals surface area contributed by atoms with Crippen LogP contribution in [0.25, 0.3) is 0 Å². The van der Waals surface area contributed by atoms with Gasteiger partial charge in [-0.25, -0.2) is 22.9 Å². The quantitative estimate of drug-likeness (QED) is 0.492. The summed E-state index contributed by atoms with van der Waals surface area (Å²) in [7, 11) is -2.02. The Kier molecular flexibility index (Phi) is 4.79. The molecule has 0 heterocycles. The molecular formula is C9H10BF3O4. The van der Waals surface area contributed by atoms with Gasteiger partial charge in [0.2, 0.25) is 0 Å². The van der Waals surface area contributed by atoms with Crippen molar-refractivity contribution < 1.29 is 32.5 Å². The van der Waals surface area contributed by atoms with E-state index in [4.69, 9.17) is 5.02 Å². The van der Waals surface area contributed by atoms with Crippen molar-refractivity contribution >= 4 is 7.32 Å². The van der Waals surface area contributed by atoms with Gasteiger partial charge in [-0.15, -0.1) is 0 Å². The summed E-state index contributed by atoms with van der Waals surface area (Å²) in [6.45, 7) is 3.21. The van der Waals surface area contributed by atoms with Gasteiger partial charge in [0, 0.05) is 12.1 Å². The van der Waals surface area contributed by atoms with Gasteiger partial charge >= 0.3 is 7.32 Å². The second-order valence-corrected chi connectivity index (χ2v) is 3.36. The van der Waals surface area contributed by atoms with Gasteiger partial charge in [0.25, 0.3) is 0 Å². The molecule has 0 amide bonds. The molecule has 0 atom stereocenters. The third kappa shape index (κ3) is 4.25. The molecule has 1 rings (SSSR count). The Morgan fingerprint density at radius 1 is 1.18 bits per heavy atom. The molecule has 0 bridgehead atoms. The van der Waals surface area contributed by atoms with Crippen LogP contribution in [0.3, 0.4) is 0 Å². The van der Waals surface area contributed by atoms with Crippen LogP contribution in [0.2, 0.25) is 0 Å². The van der Waals surface area contributed by atoms with Crippen LogP contribution in [0.1, 0.15) is 13.8 Å². The predicted octanol–water partition coefficient (Wildman–Crippen LogP) is 1.82. The van der Waals surface area contributed by atoms with Crippen molar-refractivity contribution in [1.29, 1.82) is 0 Å². The summed E-state index contributed by atoms with van der Waals surface area (Å²) in [5, 5.41) is 9.07. The van der Waals surface area contributed by atoms with E-state index < -0.39 is 30.5 Å². The summed E-state index contributed by atoms with van der Waals surface area (Å²) >= 11 is 0. The first kappa shape index (κ1) is 13.8. The van der Waals surface area contributed by atoms with E-state index >= 15 is 0 Å². The summed E-state index contributed by atoms with van der Waals surface area (Å²) in [6, 6.07) is 0.822. The molecule has 8 heteroatoms. The van der Waals surface area contributed by atoms with Gasteiger partial charge in [-0.3, -0.25) is 0 Å². The standard InChI is InChI=1S/C9H10BF3O4/c1-5(2)16-17-10(14)15-9-7(12)3-6(11)4-8(9)13/h3-5,14H,1-2H3. The van der Waals surface area contributed by atoms with Gasteiger partial charge in [0.05, 0.1) is 6.10 Å². The first-order chi connectivity index (χ1) is 7.90. The van der Waals surface area contributed by atoms with Crippen LogP contribution < -0.4 is 4.65 Å². The summed E-state index contributed by atoms with van der Waals surface area (Å²) in [6.07, 6.45) is -0.379. The molecule has 0 aliphatic heterocycles. The zero-order valence-electron chi connectivity index (χ0n) is 9.12. The maximum atomic E-state index is 13.1. The van der Waals surface area contributed by atoms with E-state index in [1.54, 1.807) is 13.8 Å². The van der Waals surface area contributed by atoms with E-state index in [-0.39, 0.29) is 6.10 Å². The molecule has 4 nitrogen and oxygen atoms in total. The minimum atomic E-state index is -2.02. The van der Waals surface area contributed by atoms with Crippen molar-refractivity contribution in [2.45, 2.75) is 20.0 Å². The highest BCUT2D eigenvalue weighted by Crippen LogP contribution is 2.23. The maximum Gasteiger partial charge on any atom is 0.739 e. The van der Waals surface area contributed by atoms with Crippen LogP contribution in [0.4, 0.5) is 13.2 Å². The largest absolute Gasteiger partial charge is 0.739 e. The van der Waals surface area contributed by atoms with E-state index in [1.807, 2.05) is 0 Å². The normalized spacial score (nSPS) is 10.8. The summed E-state index contributed by atoms with van der Waals surface area (Å²) in [4.78, 5) is 8.74. The first-order valence-corrected chi connectivity index (χ1v) is 4.71. The molecule has 0 aromatic heterocycles. The number of hydrogen-bond acceptors (Lipinski definition) is 4. The number of halogens is 3. The first-order valence-electron chi connectivity index (χ1n) is 4.71. The summed E-state index contributed by atoms with van der Waals surface area (Å²) in [5.41, 5.74) is 0. The Morgan fingerprint density at radius 2 is 1.71 bits per heavy atom. The molecule has 0 spiro atoms. The lowest BCUT2D eigenvalue weighted by Gasteiger charge is -2.12. The summed E-state index contributed by atoms with van der Waals surface area (Å²) < 4.78 is 43.0. The van der Waals surface area contributed by atoms with E-state index in [0.717, 1.165) is 0 Å². The van der Waals surface area contributed by atoms with Gasteiger partial charge in [-0.2, -0.15) is 0 Å². The van der Waals surface area contributed by atoms with Crippen LogP contribution in [0, 0.1) is 17.5 Å². The second kappa shape index (κ2) is 5.90. The zero-order valence-corrected chi connectivity index (χ0v) is 9.12. The van der Waals surface area contributed by atoms with Crippen LogP contribution in [-0.4, -0.2) is 18.4 Å². The third-order valence-electron chi connectivity index (χ3n) is 1.51. The molecule has 1 aromatic carbocycles. The van der Waals surface area contributed by atoms with Gasteiger partial charge in [0.15, 0.2) is 17.4 Å². The van der Waals surface area contributed by atoms with Crippen molar-refractivity contribution in [2.75, 3.05) is 0 Å². The van der Waals surface area contributed by atoms with Crippen molar-refractivity contribution in [3.8, 4) is 5.75 Å². The van der Waals surface area contributed by atoms with Crippen molar-refractivity contribution in [3.05, 3.63) is 29.6 Å². The van der Waals surface area contributed by atoms with Gasteiger partial charge in [-0.1, -0.05) is 0 Å². The van der Waals surface area contributed by atoms with Crippen molar-refractivity contribution in [3.63, 3.8) is 0 Å². The Balaban J connectivity index is 2.68. The van der Waals surface area contributed by atoms with Crippen LogP contribution in [0.15, 0.2) is 12.1 Å². The molecule has 0 saturated heterocycles. The fourth-order valence-corrected chi connectivity index (χ4v) is 0.921.